The number of rotatable bonds is 7. The van der Waals surface area contributed by atoms with Crippen molar-refractivity contribution in [2.75, 3.05) is 6.61 Å². The Morgan fingerprint density at radius 3 is 2.12 bits per heavy atom. The molecule has 4 heterocycles. The number of hydrogen-bond donors (Lipinski definition) is 0. The molecule has 0 aliphatic carbocycles. The molecule has 0 unspecified atom stereocenters. The Balaban J connectivity index is 0.00000181. The van der Waals surface area contributed by atoms with Crippen molar-refractivity contribution in [3.63, 3.8) is 0 Å². The molecule has 214 valence electrons. The van der Waals surface area contributed by atoms with Crippen LogP contribution in [0.3, 0.4) is 0 Å². The third kappa shape index (κ3) is 5.92. The molecular formula is C31H39N3O4S2. The van der Waals surface area contributed by atoms with Crippen molar-refractivity contribution in [2.45, 2.75) is 91.1 Å². The van der Waals surface area contributed by atoms with Gasteiger partial charge in [0, 0.05) is 22.8 Å². The predicted octanol–water partition coefficient (Wildman–Crippen LogP) is 7.99. The molecule has 0 radical (unpaired) electrons. The summed E-state index contributed by atoms with van der Waals surface area (Å²) in [5, 5.41) is 0.658. The maximum atomic E-state index is 14.2. The molecule has 0 saturated heterocycles. The first-order valence-electron chi connectivity index (χ1n) is 14.0. The van der Waals surface area contributed by atoms with E-state index in [-0.39, 0.29) is 28.5 Å². The standard InChI is InChI=1S/C29H33N3O4S2.C2H6/c1-16(2)20-13-22(17(3)4)26(23(14-20)18(5)6)38(33,34)36-28-25-21-9-12-35-15-24(21)37-29(25)32-27(31-28)19-7-10-30-11-8-19;1-2/h7-8,10-11,13-14,16-18H,9,12,15H2,1-6H3;1-2H3. The van der Waals surface area contributed by atoms with Gasteiger partial charge in [-0.3, -0.25) is 4.98 Å². The van der Waals surface area contributed by atoms with E-state index < -0.39 is 10.1 Å². The Morgan fingerprint density at radius 1 is 0.925 bits per heavy atom. The van der Waals surface area contributed by atoms with Crippen molar-refractivity contribution < 1.29 is 17.3 Å². The van der Waals surface area contributed by atoms with Gasteiger partial charge in [0.05, 0.1) is 18.6 Å². The van der Waals surface area contributed by atoms with Crippen LogP contribution in [0.1, 0.15) is 100 Å². The Hall–Kier alpha value is -2.88. The molecular weight excluding hydrogens is 542 g/mol. The molecule has 0 N–H and O–H groups in total. The summed E-state index contributed by atoms with van der Waals surface area (Å²) >= 11 is 1.50. The van der Waals surface area contributed by atoms with Gasteiger partial charge in [-0.2, -0.15) is 13.4 Å². The van der Waals surface area contributed by atoms with Crippen LogP contribution in [-0.4, -0.2) is 30.0 Å². The number of fused-ring (bicyclic) bond motifs is 3. The molecule has 1 aliphatic rings. The molecule has 9 heteroatoms. The molecule has 0 saturated carbocycles. The van der Waals surface area contributed by atoms with Crippen LogP contribution in [0.2, 0.25) is 0 Å². The number of thiophene rings is 1. The number of ether oxygens (including phenoxy) is 1. The summed E-state index contributed by atoms with van der Waals surface area (Å²) in [6, 6.07) is 7.63. The van der Waals surface area contributed by atoms with E-state index in [4.69, 9.17) is 13.9 Å². The summed E-state index contributed by atoms with van der Waals surface area (Å²) < 4.78 is 40.1. The smallest absolute Gasteiger partial charge is 0.341 e. The van der Waals surface area contributed by atoms with E-state index in [9.17, 15) is 8.42 Å². The third-order valence-electron chi connectivity index (χ3n) is 6.89. The molecule has 4 aromatic rings. The first kappa shape index (κ1) is 30.1. The minimum Gasteiger partial charge on any atom is -0.376 e. The highest BCUT2D eigenvalue weighted by atomic mass is 32.2. The average Bonchev–Trinajstić information content (AvgIpc) is 3.32. The van der Waals surface area contributed by atoms with Crippen molar-refractivity contribution in [2.24, 2.45) is 0 Å². The van der Waals surface area contributed by atoms with Gasteiger partial charge in [0.2, 0.25) is 5.88 Å². The Morgan fingerprint density at radius 2 is 1.55 bits per heavy atom. The molecule has 1 aromatic carbocycles. The number of aromatic nitrogens is 3. The van der Waals surface area contributed by atoms with Gasteiger partial charge in [0.15, 0.2) is 5.82 Å². The van der Waals surface area contributed by atoms with Gasteiger partial charge in [-0.1, -0.05) is 67.5 Å². The highest BCUT2D eigenvalue weighted by Crippen LogP contribution is 2.42. The lowest BCUT2D eigenvalue weighted by Gasteiger charge is -2.22. The van der Waals surface area contributed by atoms with Gasteiger partial charge in [-0.15, -0.1) is 11.3 Å². The summed E-state index contributed by atoms with van der Waals surface area (Å²) in [6.45, 7) is 17.3. The number of hydrogen-bond acceptors (Lipinski definition) is 8. The van der Waals surface area contributed by atoms with Crippen molar-refractivity contribution >= 4 is 31.7 Å². The lowest BCUT2D eigenvalue weighted by Crippen LogP contribution is -2.18. The summed E-state index contributed by atoms with van der Waals surface area (Å²) in [7, 11) is -4.23. The van der Waals surface area contributed by atoms with E-state index in [1.54, 1.807) is 24.5 Å². The Kier molecular flexibility index (Phi) is 9.27. The Bertz CT molecular complexity index is 1570. The van der Waals surface area contributed by atoms with Gasteiger partial charge in [-0.05, 0) is 58.6 Å². The van der Waals surface area contributed by atoms with Crippen molar-refractivity contribution in [3.05, 3.63) is 63.8 Å². The summed E-state index contributed by atoms with van der Waals surface area (Å²) in [6.07, 6.45) is 3.97. The number of benzene rings is 1. The molecule has 1 aliphatic heterocycles. The SMILES string of the molecule is CC.CC(C)c1cc(C(C)C)c(S(=O)(=O)Oc2nc(-c3ccncc3)nc3sc4c(c23)CCOC4)c(C(C)C)c1. The fourth-order valence-electron chi connectivity index (χ4n) is 4.80. The molecule has 40 heavy (non-hydrogen) atoms. The van der Waals surface area contributed by atoms with Crippen molar-refractivity contribution in [3.8, 4) is 17.3 Å². The average molecular weight is 582 g/mol. The monoisotopic (exact) mass is 581 g/mol. The van der Waals surface area contributed by atoms with Gasteiger partial charge in [-0.25, -0.2) is 4.98 Å². The highest BCUT2D eigenvalue weighted by Gasteiger charge is 2.31. The molecule has 5 rings (SSSR count). The third-order valence-corrected chi connectivity index (χ3v) is 9.34. The second-order valence-corrected chi connectivity index (χ2v) is 13.2. The summed E-state index contributed by atoms with van der Waals surface area (Å²) in [4.78, 5) is 15.5. The first-order chi connectivity index (χ1) is 19.1. The van der Waals surface area contributed by atoms with Gasteiger partial charge in [0.25, 0.3) is 0 Å². The van der Waals surface area contributed by atoms with Crippen LogP contribution < -0.4 is 4.18 Å². The lowest BCUT2D eigenvalue weighted by atomic mass is 9.89. The zero-order valence-corrected chi connectivity index (χ0v) is 26.2. The first-order valence-corrected chi connectivity index (χ1v) is 16.2. The fourth-order valence-corrected chi connectivity index (χ4v) is 7.53. The van der Waals surface area contributed by atoms with Gasteiger partial charge in [0.1, 0.15) is 9.73 Å². The minimum atomic E-state index is -4.23. The molecule has 0 bridgehead atoms. The molecule has 3 aromatic heterocycles. The number of nitrogens with zero attached hydrogens (tertiary/aromatic N) is 3. The van der Waals surface area contributed by atoms with E-state index >= 15 is 0 Å². The van der Waals surface area contributed by atoms with E-state index in [1.807, 2.05) is 53.7 Å². The maximum absolute atomic E-state index is 14.2. The van der Waals surface area contributed by atoms with E-state index in [0.29, 0.717) is 35.7 Å². The second-order valence-electron chi connectivity index (χ2n) is 10.6. The van der Waals surface area contributed by atoms with Crippen LogP contribution in [0.5, 0.6) is 5.88 Å². The predicted molar refractivity (Wildman–Crippen MR) is 162 cm³/mol. The van der Waals surface area contributed by atoms with E-state index in [2.05, 4.69) is 23.8 Å². The maximum Gasteiger partial charge on any atom is 0.341 e. The molecule has 0 amide bonds. The van der Waals surface area contributed by atoms with Crippen LogP contribution in [0.25, 0.3) is 21.6 Å². The molecule has 0 atom stereocenters. The largest absolute Gasteiger partial charge is 0.376 e. The zero-order chi connectivity index (χ0) is 29.2. The van der Waals surface area contributed by atoms with Crippen LogP contribution >= 0.6 is 11.3 Å². The van der Waals surface area contributed by atoms with Gasteiger partial charge < -0.3 is 8.92 Å². The van der Waals surface area contributed by atoms with Crippen LogP contribution in [0.15, 0.2) is 41.6 Å². The van der Waals surface area contributed by atoms with Gasteiger partial charge >= 0.3 is 10.1 Å². The quantitative estimate of drug-likeness (QED) is 0.204. The Labute approximate surface area is 242 Å². The minimum absolute atomic E-state index is 0.0107. The fraction of sp³-hybridized carbons (Fsp3) is 0.452. The normalized spacial score (nSPS) is 13.5. The highest BCUT2D eigenvalue weighted by molar-refractivity contribution is 7.87. The zero-order valence-electron chi connectivity index (χ0n) is 24.6. The topological polar surface area (TPSA) is 91.3 Å². The summed E-state index contributed by atoms with van der Waals surface area (Å²) in [5.41, 5.74) is 4.39. The second kappa shape index (κ2) is 12.3. The summed E-state index contributed by atoms with van der Waals surface area (Å²) in [5.74, 6) is 0.713. The molecule has 0 spiro atoms. The van der Waals surface area contributed by atoms with Crippen LogP contribution in [0.4, 0.5) is 0 Å². The number of pyridine rings is 1. The van der Waals surface area contributed by atoms with Crippen molar-refractivity contribution in [1.82, 2.24) is 15.0 Å². The van der Waals surface area contributed by atoms with Crippen LogP contribution in [0, 0.1) is 0 Å². The lowest BCUT2D eigenvalue weighted by molar-refractivity contribution is 0.114. The van der Waals surface area contributed by atoms with E-state index in [0.717, 1.165) is 32.7 Å². The molecule has 7 nitrogen and oxygen atoms in total. The van der Waals surface area contributed by atoms with Crippen LogP contribution in [-0.2, 0) is 27.9 Å². The van der Waals surface area contributed by atoms with Crippen molar-refractivity contribution in [1.29, 1.82) is 0 Å². The molecule has 0 fully saturated rings. The van der Waals surface area contributed by atoms with E-state index in [1.165, 1.54) is 11.3 Å².